The molecule has 1 amide bonds. The van der Waals surface area contributed by atoms with E-state index in [1.807, 2.05) is 19.1 Å². The smallest absolute Gasteiger partial charge is 0.466 e. The second-order valence-electron chi connectivity index (χ2n) is 10.8. The van der Waals surface area contributed by atoms with Gasteiger partial charge in [0, 0.05) is 23.4 Å². The van der Waals surface area contributed by atoms with Gasteiger partial charge in [-0.15, -0.1) is 13.2 Å². The van der Waals surface area contributed by atoms with Gasteiger partial charge >= 0.3 is 18.4 Å². The highest BCUT2D eigenvalue weighted by Gasteiger charge is 2.46. The largest absolute Gasteiger partial charge is 0.573 e. The van der Waals surface area contributed by atoms with Crippen molar-refractivity contribution in [3.63, 3.8) is 0 Å². The number of rotatable bonds is 8. The molecule has 2 atom stereocenters. The first-order valence-electron chi connectivity index (χ1n) is 13.2. The van der Waals surface area contributed by atoms with Gasteiger partial charge in [-0.2, -0.15) is 0 Å². The van der Waals surface area contributed by atoms with Crippen molar-refractivity contribution in [2.24, 2.45) is 5.92 Å². The van der Waals surface area contributed by atoms with Crippen LogP contribution in [0.5, 0.6) is 5.75 Å². The summed E-state index contributed by atoms with van der Waals surface area (Å²) < 4.78 is 52.9. The average molecular weight is 572 g/mol. The van der Waals surface area contributed by atoms with E-state index >= 15 is 0 Å². The Labute approximate surface area is 236 Å². The third-order valence-electron chi connectivity index (χ3n) is 6.27. The molecule has 0 saturated heterocycles. The lowest BCUT2D eigenvalue weighted by Gasteiger charge is -2.27. The van der Waals surface area contributed by atoms with Crippen molar-refractivity contribution in [3.8, 4) is 17.0 Å². The van der Waals surface area contributed by atoms with Crippen LogP contribution >= 0.6 is 0 Å². The molecule has 4 rings (SSSR count). The molecule has 0 unspecified atom stereocenters. The monoisotopic (exact) mass is 571 g/mol. The maximum Gasteiger partial charge on any atom is 0.573 e. The van der Waals surface area contributed by atoms with Crippen molar-refractivity contribution in [3.05, 3.63) is 71.5 Å². The van der Waals surface area contributed by atoms with E-state index in [-0.39, 0.29) is 30.2 Å². The number of esters is 1. The van der Waals surface area contributed by atoms with Crippen LogP contribution in [0.15, 0.2) is 54.7 Å². The van der Waals surface area contributed by atoms with Crippen LogP contribution in [0.25, 0.3) is 11.3 Å². The van der Waals surface area contributed by atoms with Crippen molar-refractivity contribution in [2.75, 3.05) is 11.5 Å². The fourth-order valence-electron chi connectivity index (χ4n) is 4.36. The fourth-order valence-corrected chi connectivity index (χ4v) is 4.36. The highest BCUT2D eigenvalue weighted by molar-refractivity contribution is 5.87. The Kier molecular flexibility index (Phi) is 8.55. The normalized spacial score (nSPS) is 16.6. The molecular weight excluding hydrogens is 539 g/mol. The van der Waals surface area contributed by atoms with Gasteiger partial charge in [0.1, 0.15) is 17.2 Å². The highest BCUT2D eigenvalue weighted by Crippen LogP contribution is 2.48. The Morgan fingerprint density at radius 1 is 1.07 bits per heavy atom. The lowest BCUT2D eigenvalue weighted by atomic mass is 10.1. The van der Waals surface area contributed by atoms with E-state index in [1.54, 1.807) is 52.1 Å². The van der Waals surface area contributed by atoms with E-state index in [2.05, 4.69) is 9.72 Å². The zero-order valence-corrected chi connectivity index (χ0v) is 23.5. The summed E-state index contributed by atoms with van der Waals surface area (Å²) in [6, 6.07) is 12.5. The van der Waals surface area contributed by atoms with Crippen LogP contribution in [-0.2, 0) is 20.8 Å². The quantitative estimate of drug-likeness (QED) is 0.270. The number of anilines is 1. The van der Waals surface area contributed by atoms with E-state index in [0.717, 1.165) is 11.3 Å². The summed E-state index contributed by atoms with van der Waals surface area (Å²) in [7, 11) is 0. The molecule has 2 aromatic heterocycles. The van der Waals surface area contributed by atoms with Crippen LogP contribution in [0, 0.1) is 12.8 Å². The fraction of sp³-hybridized carbons (Fsp3) is 0.400. The van der Waals surface area contributed by atoms with Gasteiger partial charge in [0.05, 0.1) is 24.8 Å². The summed E-state index contributed by atoms with van der Waals surface area (Å²) in [5, 5.41) is 0. The molecule has 1 fully saturated rings. The maximum absolute atomic E-state index is 13.1. The molecule has 41 heavy (non-hydrogen) atoms. The van der Waals surface area contributed by atoms with Gasteiger partial charge in [0.15, 0.2) is 0 Å². The highest BCUT2D eigenvalue weighted by atomic mass is 19.4. The Balaban J connectivity index is 1.58. The molecule has 1 aliphatic rings. The SMILES string of the molecule is CCOC(=O)[C@H]1C[C@@H]1c1nc(-c2ccc(N(Cc3cccc(OC(F)(F)F)c3)C(=O)OC(C)(C)C)nc2)ccc1C. The van der Waals surface area contributed by atoms with Crippen LogP contribution in [0.1, 0.15) is 56.9 Å². The third kappa shape index (κ3) is 7.96. The molecule has 0 aliphatic heterocycles. The van der Waals surface area contributed by atoms with Crippen LogP contribution in [0.2, 0.25) is 0 Å². The van der Waals surface area contributed by atoms with Crippen molar-refractivity contribution in [1.29, 1.82) is 0 Å². The van der Waals surface area contributed by atoms with Gasteiger partial charge in [-0.25, -0.2) is 9.78 Å². The van der Waals surface area contributed by atoms with Gasteiger partial charge < -0.3 is 14.2 Å². The van der Waals surface area contributed by atoms with Crippen molar-refractivity contribution in [2.45, 2.75) is 65.5 Å². The lowest BCUT2D eigenvalue weighted by Crippen LogP contribution is -2.37. The number of aromatic nitrogens is 2. The topological polar surface area (TPSA) is 90.8 Å². The molecule has 218 valence electrons. The van der Waals surface area contributed by atoms with Crippen molar-refractivity contribution in [1.82, 2.24) is 9.97 Å². The maximum atomic E-state index is 13.1. The zero-order valence-electron chi connectivity index (χ0n) is 23.5. The Morgan fingerprint density at radius 3 is 2.46 bits per heavy atom. The predicted molar refractivity (Wildman–Crippen MR) is 145 cm³/mol. The molecule has 0 N–H and O–H groups in total. The number of carbonyl (C=O) groups is 2. The zero-order chi connectivity index (χ0) is 29.9. The summed E-state index contributed by atoms with van der Waals surface area (Å²) in [5.74, 6) is -0.570. The van der Waals surface area contributed by atoms with Gasteiger partial charge in [0.25, 0.3) is 0 Å². The van der Waals surface area contributed by atoms with E-state index in [4.69, 9.17) is 14.5 Å². The summed E-state index contributed by atoms with van der Waals surface area (Å²) in [5.41, 5.74) is 2.72. The van der Waals surface area contributed by atoms with E-state index < -0.39 is 23.8 Å². The first kappa shape index (κ1) is 29.8. The van der Waals surface area contributed by atoms with E-state index in [9.17, 15) is 22.8 Å². The average Bonchev–Trinajstić information content (AvgIpc) is 3.67. The standard InChI is InChI=1S/C30H32F3N3O5/c1-6-39-27(37)23-15-22(23)26-18(2)10-12-24(35-26)20-11-13-25(34-16-20)36(28(38)41-29(3,4)5)17-19-8-7-9-21(14-19)40-30(31,32)33/h7-14,16,22-23H,6,15,17H2,1-5H3/t22-,23-/m0/s1. The second kappa shape index (κ2) is 11.8. The van der Waals surface area contributed by atoms with Crippen molar-refractivity contribution < 1.29 is 37.0 Å². The second-order valence-corrected chi connectivity index (χ2v) is 10.8. The Hall–Kier alpha value is -4.15. The van der Waals surface area contributed by atoms with Crippen molar-refractivity contribution >= 4 is 17.9 Å². The number of hydrogen-bond acceptors (Lipinski definition) is 7. The molecule has 0 radical (unpaired) electrons. The van der Waals surface area contributed by atoms with E-state index in [1.165, 1.54) is 23.1 Å². The van der Waals surface area contributed by atoms with E-state index in [0.29, 0.717) is 29.8 Å². The van der Waals surface area contributed by atoms with Gasteiger partial charge in [-0.05, 0) is 82.5 Å². The minimum Gasteiger partial charge on any atom is -0.466 e. The molecule has 2 heterocycles. The number of alkyl halides is 3. The van der Waals surface area contributed by atoms with Crippen LogP contribution in [0.4, 0.5) is 23.8 Å². The van der Waals surface area contributed by atoms with Gasteiger partial charge in [-0.3, -0.25) is 14.7 Å². The third-order valence-corrected chi connectivity index (χ3v) is 6.27. The predicted octanol–water partition coefficient (Wildman–Crippen LogP) is 6.96. The summed E-state index contributed by atoms with van der Waals surface area (Å²) in [6.07, 6.45) is -3.31. The van der Waals surface area contributed by atoms with Crippen LogP contribution in [0.3, 0.4) is 0 Å². The lowest BCUT2D eigenvalue weighted by molar-refractivity contribution is -0.274. The number of nitrogens with zero attached hydrogens (tertiary/aromatic N) is 3. The minimum atomic E-state index is -4.84. The van der Waals surface area contributed by atoms with Gasteiger partial charge in [0.2, 0.25) is 0 Å². The van der Waals surface area contributed by atoms with Gasteiger partial charge in [-0.1, -0.05) is 18.2 Å². The van der Waals surface area contributed by atoms with Crippen LogP contribution in [-0.4, -0.2) is 40.6 Å². The van der Waals surface area contributed by atoms with Crippen LogP contribution < -0.4 is 9.64 Å². The number of ether oxygens (including phenoxy) is 3. The summed E-state index contributed by atoms with van der Waals surface area (Å²) >= 11 is 0. The molecule has 0 bridgehead atoms. The molecule has 3 aromatic rings. The summed E-state index contributed by atoms with van der Waals surface area (Å²) in [6.45, 7) is 9.08. The number of amides is 1. The number of pyridine rings is 2. The molecular formula is C30H32F3N3O5. The summed E-state index contributed by atoms with van der Waals surface area (Å²) in [4.78, 5) is 35.8. The number of aryl methyl sites for hydroxylation is 1. The molecule has 1 saturated carbocycles. The molecule has 0 spiro atoms. The Bertz CT molecular complexity index is 1400. The molecule has 11 heteroatoms. The first-order chi connectivity index (χ1) is 19.2. The number of carbonyl (C=O) groups excluding carboxylic acids is 2. The molecule has 1 aromatic carbocycles. The minimum absolute atomic E-state index is 0.000908. The molecule has 8 nitrogen and oxygen atoms in total. The number of benzene rings is 1. The Morgan fingerprint density at radius 2 is 1.83 bits per heavy atom. The first-order valence-corrected chi connectivity index (χ1v) is 13.2. The number of hydrogen-bond donors (Lipinski definition) is 0. The number of halogens is 3. The molecule has 1 aliphatic carbocycles.